The smallest absolute Gasteiger partial charge is 0.337 e. The number of esters is 1. The fourth-order valence-corrected chi connectivity index (χ4v) is 2.24. The summed E-state index contributed by atoms with van der Waals surface area (Å²) < 4.78 is 4.63. The van der Waals surface area contributed by atoms with Crippen LogP contribution in [-0.4, -0.2) is 25.0 Å². The van der Waals surface area contributed by atoms with Gasteiger partial charge in [-0.25, -0.2) is 4.79 Å². The molecule has 4 nitrogen and oxygen atoms in total. The Balaban J connectivity index is 2.07. The first-order valence-electron chi connectivity index (χ1n) is 6.20. The molecule has 1 aliphatic carbocycles. The molecule has 1 fully saturated rings. The highest BCUT2D eigenvalue weighted by molar-refractivity contribution is 5.98. The predicted octanol–water partition coefficient (Wildman–Crippen LogP) is 2.15. The molecule has 0 unspecified atom stereocenters. The summed E-state index contributed by atoms with van der Waals surface area (Å²) >= 11 is 0. The molecule has 0 atom stereocenters. The minimum absolute atomic E-state index is 0.118. The number of nitrogens with one attached hydrogen (secondary N) is 1. The zero-order valence-electron chi connectivity index (χ0n) is 10.4. The van der Waals surface area contributed by atoms with Crippen molar-refractivity contribution < 1.29 is 14.3 Å². The number of benzene rings is 1. The van der Waals surface area contributed by atoms with Crippen molar-refractivity contribution in [3.8, 4) is 0 Å². The third kappa shape index (κ3) is 2.88. The van der Waals surface area contributed by atoms with Crippen LogP contribution in [0.4, 0.5) is 0 Å². The molecule has 18 heavy (non-hydrogen) atoms. The van der Waals surface area contributed by atoms with E-state index in [-0.39, 0.29) is 11.9 Å². The van der Waals surface area contributed by atoms with Crippen LogP contribution in [0.5, 0.6) is 0 Å². The first-order chi connectivity index (χ1) is 8.70. The highest BCUT2D eigenvalue weighted by Crippen LogP contribution is 2.18. The maximum absolute atomic E-state index is 12.0. The molecule has 1 saturated carbocycles. The van der Waals surface area contributed by atoms with Gasteiger partial charge in [0.25, 0.3) is 5.91 Å². The second kappa shape index (κ2) is 5.67. The quantitative estimate of drug-likeness (QED) is 0.833. The number of ether oxygens (including phenoxy) is 1. The van der Waals surface area contributed by atoms with Crippen molar-refractivity contribution in [2.24, 2.45) is 0 Å². The Morgan fingerprint density at radius 1 is 1.22 bits per heavy atom. The minimum atomic E-state index is -0.425. The average Bonchev–Trinajstić information content (AvgIpc) is 2.90. The second-order valence-corrected chi connectivity index (χ2v) is 4.53. The summed E-state index contributed by atoms with van der Waals surface area (Å²) in [6, 6.07) is 6.88. The minimum Gasteiger partial charge on any atom is -0.465 e. The van der Waals surface area contributed by atoms with Crippen molar-refractivity contribution >= 4 is 11.9 Å². The number of carbonyl (C=O) groups is 2. The van der Waals surface area contributed by atoms with E-state index in [9.17, 15) is 9.59 Å². The molecule has 0 spiro atoms. The van der Waals surface area contributed by atoms with Gasteiger partial charge >= 0.3 is 5.97 Å². The Kier molecular flexibility index (Phi) is 3.97. The molecular weight excluding hydrogens is 230 g/mol. The van der Waals surface area contributed by atoms with E-state index in [1.54, 1.807) is 24.3 Å². The van der Waals surface area contributed by atoms with Gasteiger partial charge in [-0.1, -0.05) is 18.9 Å². The van der Waals surface area contributed by atoms with E-state index in [2.05, 4.69) is 10.1 Å². The van der Waals surface area contributed by atoms with Gasteiger partial charge in [-0.05, 0) is 31.0 Å². The summed E-state index contributed by atoms with van der Waals surface area (Å²) in [5.74, 6) is -0.543. The van der Waals surface area contributed by atoms with Crippen LogP contribution in [0.15, 0.2) is 24.3 Å². The SMILES string of the molecule is COC(=O)c1cccc(C(=O)NC2CCCC2)c1. The Bertz CT molecular complexity index is 450. The van der Waals surface area contributed by atoms with E-state index in [0.29, 0.717) is 11.1 Å². The molecule has 0 heterocycles. The van der Waals surface area contributed by atoms with Crippen molar-refractivity contribution in [1.82, 2.24) is 5.32 Å². The van der Waals surface area contributed by atoms with Crippen LogP contribution < -0.4 is 5.32 Å². The van der Waals surface area contributed by atoms with Crippen LogP contribution in [0.2, 0.25) is 0 Å². The third-order valence-electron chi connectivity index (χ3n) is 3.24. The van der Waals surface area contributed by atoms with Gasteiger partial charge in [0.2, 0.25) is 0 Å². The summed E-state index contributed by atoms with van der Waals surface area (Å²) in [7, 11) is 1.33. The fourth-order valence-electron chi connectivity index (χ4n) is 2.24. The van der Waals surface area contributed by atoms with E-state index >= 15 is 0 Å². The van der Waals surface area contributed by atoms with Crippen molar-refractivity contribution in [1.29, 1.82) is 0 Å². The fraction of sp³-hybridized carbons (Fsp3) is 0.429. The largest absolute Gasteiger partial charge is 0.465 e. The van der Waals surface area contributed by atoms with E-state index in [1.165, 1.54) is 20.0 Å². The molecule has 0 bridgehead atoms. The maximum atomic E-state index is 12.0. The van der Waals surface area contributed by atoms with Gasteiger partial charge in [-0.15, -0.1) is 0 Å². The number of rotatable bonds is 3. The van der Waals surface area contributed by atoms with Crippen LogP contribution in [0, 0.1) is 0 Å². The molecule has 96 valence electrons. The van der Waals surface area contributed by atoms with Crippen molar-refractivity contribution in [3.63, 3.8) is 0 Å². The van der Waals surface area contributed by atoms with Gasteiger partial charge in [0.1, 0.15) is 0 Å². The molecule has 2 rings (SSSR count). The summed E-state index contributed by atoms with van der Waals surface area (Å²) in [6.07, 6.45) is 4.44. The number of methoxy groups -OCH3 is 1. The van der Waals surface area contributed by atoms with Crippen molar-refractivity contribution in [2.45, 2.75) is 31.7 Å². The van der Waals surface area contributed by atoms with Crippen LogP contribution in [0.25, 0.3) is 0 Å². The summed E-state index contributed by atoms with van der Waals surface area (Å²) in [6.45, 7) is 0. The Labute approximate surface area is 106 Å². The zero-order valence-corrected chi connectivity index (χ0v) is 10.4. The molecule has 1 aliphatic rings. The molecule has 0 radical (unpaired) electrons. The topological polar surface area (TPSA) is 55.4 Å². The van der Waals surface area contributed by atoms with Crippen LogP contribution in [0.3, 0.4) is 0 Å². The van der Waals surface area contributed by atoms with Crippen LogP contribution in [0.1, 0.15) is 46.4 Å². The molecule has 4 heteroatoms. The van der Waals surface area contributed by atoms with E-state index in [1.807, 2.05) is 0 Å². The monoisotopic (exact) mass is 247 g/mol. The molecule has 1 aromatic rings. The highest BCUT2D eigenvalue weighted by atomic mass is 16.5. The molecule has 1 aromatic carbocycles. The standard InChI is InChI=1S/C14H17NO3/c1-18-14(17)11-6-4-5-10(9-11)13(16)15-12-7-2-3-8-12/h4-6,9,12H,2-3,7-8H2,1H3,(H,15,16). The van der Waals surface area contributed by atoms with E-state index < -0.39 is 5.97 Å². The molecule has 1 N–H and O–H groups in total. The predicted molar refractivity (Wildman–Crippen MR) is 67.5 cm³/mol. The molecule has 0 aliphatic heterocycles. The number of hydrogen-bond donors (Lipinski definition) is 1. The molecule has 1 amide bonds. The van der Waals surface area contributed by atoms with Gasteiger partial charge in [0.15, 0.2) is 0 Å². The number of amides is 1. The summed E-state index contributed by atoms with van der Waals surface area (Å²) in [4.78, 5) is 23.4. The number of hydrogen-bond acceptors (Lipinski definition) is 3. The lowest BCUT2D eigenvalue weighted by Gasteiger charge is -2.12. The first-order valence-corrected chi connectivity index (χ1v) is 6.20. The van der Waals surface area contributed by atoms with E-state index in [0.717, 1.165) is 12.8 Å². The van der Waals surface area contributed by atoms with Gasteiger partial charge < -0.3 is 10.1 Å². The lowest BCUT2D eigenvalue weighted by Crippen LogP contribution is -2.32. The first kappa shape index (κ1) is 12.6. The molecule has 0 saturated heterocycles. The van der Waals surface area contributed by atoms with Crippen LogP contribution in [-0.2, 0) is 4.74 Å². The van der Waals surface area contributed by atoms with Crippen LogP contribution >= 0.6 is 0 Å². The summed E-state index contributed by atoms with van der Waals surface area (Å²) in [5.41, 5.74) is 0.904. The summed E-state index contributed by atoms with van der Waals surface area (Å²) in [5, 5.41) is 2.99. The lowest BCUT2D eigenvalue weighted by molar-refractivity contribution is 0.0600. The van der Waals surface area contributed by atoms with E-state index in [4.69, 9.17) is 0 Å². The van der Waals surface area contributed by atoms with Gasteiger partial charge in [0, 0.05) is 11.6 Å². The normalized spacial score (nSPS) is 15.4. The van der Waals surface area contributed by atoms with Gasteiger partial charge in [0.05, 0.1) is 12.7 Å². The van der Waals surface area contributed by atoms with Gasteiger partial charge in [-0.2, -0.15) is 0 Å². The Hall–Kier alpha value is -1.84. The number of carbonyl (C=O) groups excluding carboxylic acids is 2. The lowest BCUT2D eigenvalue weighted by atomic mass is 10.1. The zero-order chi connectivity index (χ0) is 13.0. The van der Waals surface area contributed by atoms with Gasteiger partial charge in [-0.3, -0.25) is 4.79 Å². The molecular formula is C14H17NO3. The van der Waals surface area contributed by atoms with Crippen molar-refractivity contribution in [3.05, 3.63) is 35.4 Å². The third-order valence-corrected chi connectivity index (χ3v) is 3.24. The van der Waals surface area contributed by atoms with Crippen molar-refractivity contribution in [2.75, 3.05) is 7.11 Å². The maximum Gasteiger partial charge on any atom is 0.337 e. The average molecular weight is 247 g/mol. The second-order valence-electron chi connectivity index (χ2n) is 4.53. The Morgan fingerprint density at radius 3 is 2.56 bits per heavy atom. The highest BCUT2D eigenvalue weighted by Gasteiger charge is 2.18. The Morgan fingerprint density at radius 2 is 1.89 bits per heavy atom. The molecule has 0 aromatic heterocycles.